The highest BCUT2D eigenvalue weighted by molar-refractivity contribution is 6.42. The lowest BCUT2D eigenvalue weighted by molar-refractivity contribution is 0.102. The molecule has 0 N–H and O–H groups in total. The highest BCUT2D eigenvalue weighted by Gasteiger charge is 2.16. The van der Waals surface area contributed by atoms with Gasteiger partial charge in [0.15, 0.2) is 0 Å². The van der Waals surface area contributed by atoms with Crippen LogP contribution < -0.4 is 0 Å². The molecule has 0 amide bonds. The molecule has 0 spiro atoms. The van der Waals surface area contributed by atoms with Crippen LogP contribution in [-0.2, 0) is 0 Å². The zero-order valence-electron chi connectivity index (χ0n) is 10.0. The largest absolute Gasteiger partial charge is 0.325 e. The second kappa shape index (κ2) is 5.12. The van der Waals surface area contributed by atoms with Crippen LogP contribution in [0.5, 0.6) is 0 Å². The molecular weight excluding hydrogens is 271 g/mol. The number of aromatic nitrogens is 2. The summed E-state index contributed by atoms with van der Waals surface area (Å²) in [5, 5.41) is 0.809. The molecule has 94 valence electrons. The van der Waals surface area contributed by atoms with Crippen molar-refractivity contribution in [2.75, 3.05) is 0 Å². The van der Waals surface area contributed by atoms with Crippen molar-refractivity contribution in [1.82, 2.24) is 9.55 Å². The highest BCUT2D eigenvalue weighted by Crippen LogP contribution is 2.24. The van der Waals surface area contributed by atoms with Crippen molar-refractivity contribution in [3.05, 3.63) is 52.0 Å². The van der Waals surface area contributed by atoms with E-state index in [9.17, 15) is 4.79 Å². The van der Waals surface area contributed by atoms with Crippen LogP contribution in [0.2, 0.25) is 10.0 Å². The van der Waals surface area contributed by atoms with Gasteiger partial charge in [-0.15, -0.1) is 0 Å². The van der Waals surface area contributed by atoms with Crippen molar-refractivity contribution in [2.24, 2.45) is 0 Å². The Balaban J connectivity index is 2.42. The fourth-order valence-electron chi connectivity index (χ4n) is 1.68. The molecule has 2 rings (SSSR count). The van der Waals surface area contributed by atoms with Crippen LogP contribution in [-0.4, -0.2) is 15.3 Å². The minimum Gasteiger partial charge on any atom is -0.325 e. The van der Waals surface area contributed by atoms with Gasteiger partial charge in [0.25, 0.3) is 0 Å². The van der Waals surface area contributed by atoms with Gasteiger partial charge in [0.1, 0.15) is 5.69 Å². The van der Waals surface area contributed by atoms with E-state index >= 15 is 0 Å². The summed E-state index contributed by atoms with van der Waals surface area (Å²) in [5.74, 6) is -0.111. The zero-order chi connectivity index (χ0) is 13.3. The molecule has 3 nitrogen and oxygen atoms in total. The Morgan fingerprint density at radius 2 is 2.00 bits per heavy atom. The first-order valence-electron chi connectivity index (χ1n) is 5.52. The Hall–Kier alpha value is -1.32. The third-order valence-corrected chi connectivity index (χ3v) is 3.38. The molecule has 0 fully saturated rings. The lowest BCUT2D eigenvalue weighted by atomic mass is 10.1. The van der Waals surface area contributed by atoms with Crippen LogP contribution in [0.25, 0.3) is 0 Å². The van der Waals surface area contributed by atoms with E-state index in [1.807, 2.05) is 18.4 Å². The number of imidazole rings is 1. The van der Waals surface area contributed by atoms with Crippen molar-refractivity contribution < 1.29 is 4.79 Å². The summed E-state index contributed by atoms with van der Waals surface area (Å²) >= 11 is 11.7. The molecule has 1 heterocycles. The van der Waals surface area contributed by atoms with Gasteiger partial charge in [0, 0.05) is 11.6 Å². The summed E-state index contributed by atoms with van der Waals surface area (Å²) in [6.45, 7) is 3.99. The van der Waals surface area contributed by atoms with E-state index < -0.39 is 0 Å². The number of carbonyl (C=O) groups excluding carboxylic acids is 1. The van der Waals surface area contributed by atoms with Gasteiger partial charge in [-0.2, -0.15) is 0 Å². The fourth-order valence-corrected chi connectivity index (χ4v) is 1.98. The van der Waals surface area contributed by atoms with Crippen molar-refractivity contribution in [3.8, 4) is 0 Å². The molecule has 0 aliphatic rings. The van der Waals surface area contributed by atoms with Crippen molar-refractivity contribution >= 4 is 29.0 Å². The molecule has 0 radical (unpaired) electrons. The zero-order valence-corrected chi connectivity index (χ0v) is 11.5. The minimum absolute atomic E-state index is 0.111. The molecule has 0 atom stereocenters. The summed E-state index contributed by atoms with van der Waals surface area (Å²) in [6, 6.07) is 5.03. The first-order valence-corrected chi connectivity index (χ1v) is 6.28. The molecule has 0 saturated heterocycles. The number of hydrogen-bond acceptors (Lipinski definition) is 2. The third kappa shape index (κ3) is 2.42. The minimum atomic E-state index is -0.111. The van der Waals surface area contributed by atoms with Crippen LogP contribution in [0, 0.1) is 0 Å². The van der Waals surface area contributed by atoms with Gasteiger partial charge < -0.3 is 4.57 Å². The maximum absolute atomic E-state index is 12.3. The molecule has 2 aromatic rings. The molecule has 0 aliphatic carbocycles. The third-order valence-electron chi connectivity index (χ3n) is 2.64. The number of nitrogens with zero attached hydrogens (tertiary/aromatic N) is 2. The first kappa shape index (κ1) is 13.1. The number of carbonyl (C=O) groups is 1. The predicted octanol–water partition coefficient (Wildman–Crippen LogP) is 4.00. The Labute approximate surface area is 115 Å². The van der Waals surface area contributed by atoms with Gasteiger partial charge in [-0.25, -0.2) is 4.98 Å². The molecule has 0 bridgehead atoms. The van der Waals surface area contributed by atoms with Crippen LogP contribution >= 0.6 is 23.2 Å². The molecule has 0 aliphatic heterocycles. The summed E-state index contributed by atoms with van der Waals surface area (Å²) in [7, 11) is 0. The van der Waals surface area contributed by atoms with E-state index in [2.05, 4.69) is 4.98 Å². The summed E-state index contributed by atoms with van der Waals surface area (Å²) < 4.78 is 1.82. The van der Waals surface area contributed by atoms with E-state index in [0.717, 1.165) is 0 Å². The van der Waals surface area contributed by atoms with Crippen molar-refractivity contribution in [1.29, 1.82) is 0 Å². The van der Waals surface area contributed by atoms with E-state index in [-0.39, 0.29) is 11.8 Å². The Bertz CT molecular complexity index is 590. The summed E-state index contributed by atoms with van der Waals surface area (Å²) in [5.41, 5.74) is 1.05. The van der Waals surface area contributed by atoms with E-state index in [4.69, 9.17) is 23.2 Å². The summed E-state index contributed by atoms with van der Waals surface area (Å²) in [4.78, 5) is 16.3. The van der Waals surface area contributed by atoms with Gasteiger partial charge in [0.2, 0.25) is 5.78 Å². The average Bonchev–Trinajstić information content (AvgIpc) is 2.81. The first-order chi connectivity index (χ1) is 8.50. The second-order valence-corrected chi connectivity index (χ2v) is 5.05. The van der Waals surface area contributed by atoms with Crippen LogP contribution in [0.15, 0.2) is 30.7 Å². The molecule has 0 saturated carbocycles. The standard InChI is InChI=1S/C13H12Cl2N2O/c1-8(2)17-7-16-6-12(17)13(18)9-3-4-10(14)11(15)5-9/h3-8H,1-2H3. The number of ketones is 1. The number of hydrogen-bond donors (Lipinski definition) is 0. The fraction of sp³-hybridized carbons (Fsp3) is 0.231. The van der Waals surface area contributed by atoms with E-state index in [0.29, 0.717) is 21.3 Å². The lowest BCUT2D eigenvalue weighted by Crippen LogP contribution is -2.11. The molecule has 0 unspecified atom stereocenters. The second-order valence-electron chi connectivity index (χ2n) is 4.24. The van der Waals surface area contributed by atoms with Crippen molar-refractivity contribution in [2.45, 2.75) is 19.9 Å². The van der Waals surface area contributed by atoms with Gasteiger partial charge in [-0.05, 0) is 32.0 Å². The quantitative estimate of drug-likeness (QED) is 0.798. The Kier molecular flexibility index (Phi) is 3.73. The SMILES string of the molecule is CC(C)n1cncc1C(=O)c1ccc(Cl)c(Cl)c1. The Morgan fingerprint density at radius 1 is 1.28 bits per heavy atom. The molecular formula is C13H12Cl2N2O. The van der Waals surface area contributed by atoms with Gasteiger partial charge >= 0.3 is 0 Å². The van der Waals surface area contributed by atoms with Crippen molar-refractivity contribution in [3.63, 3.8) is 0 Å². The average molecular weight is 283 g/mol. The Morgan fingerprint density at radius 3 is 2.61 bits per heavy atom. The topological polar surface area (TPSA) is 34.9 Å². The normalized spacial score (nSPS) is 10.9. The van der Waals surface area contributed by atoms with E-state index in [1.54, 1.807) is 30.7 Å². The van der Waals surface area contributed by atoms with Crippen LogP contribution in [0.4, 0.5) is 0 Å². The monoisotopic (exact) mass is 282 g/mol. The van der Waals surface area contributed by atoms with E-state index in [1.165, 1.54) is 0 Å². The van der Waals surface area contributed by atoms with Crippen LogP contribution in [0.3, 0.4) is 0 Å². The number of halogens is 2. The number of benzene rings is 1. The molecule has 18 heavy (non-hydrogen) atoms. The van der Waals surface area contributed by atoms with Gasteiger partial charge in [-0.3, -0.25) is 4.79 Å². The molecule has 5 heteroatoms. The van der Waals surface area contributed by atoms with Gasteiger partial charge in [0.05, 0.1) is 22.6 Å². The molecule has 1 aromatic carbocycles. The maximum Gasteiger partial charge on any atom is 0.211 e. The lowest BCUT2D eigenvalue weighted by Gasteiger charge is -2.11. The summed E-state index contributed by atoms with van der Waals surface area (Å²) in [6.07, 6.45) is 3.21. The predicted molar refractivity (Wildman–Crippen MR) is 72.5 cm³/mol. The maximum atomic E-state index is 12.3. The number of rotatable bonds is 3. The van der Waals surface area contributed by atoms with Crippen LogP contribution in [0.1, 0.15) is 35.9 Å². The van der Waals surface area contributed by atoms with Gasteiger partial charge in [-0.1, -0.05) is 23.2 Å². The smallest absolute Gasteiger partial charge is 0.211 e. The highest BCUT2D eigenvalue weighted by atomic mass is 35.5. The molecule has 1 aromatic heterocycles.